The van der Waals surface area contributed by atoms with Crippen LogP contribution in [0.25, 0.3) is 11.5 Å². The molecule has 122 valence electrons. The zero-order valence-electron chi connectivity index (χ0n) is 13.5. The van der Waals surface area contributed by atoms with Gasteiger partial charge in [0.25, 0.3) is 0 Å². The third kappa shape index (κ3) is 3.56. The van der Waals surface area contributed by atoms with E-state index in [-0.39, 0.29) is 18.4 Å². The molecule has 1 aliphatic rings. The summed E-state index contributed by atoms with van der Waals surface area (Å²) in [7, 11) is 1.54. The molecule has 2 aromatic heterocycles. The third-order valence-corrected chi connectivity index (χ3v) is 4.02. The van der Waals surface area contributed by atoms with Crippen molar-refractivity contribution in [2.24, 2.45) is 0 Å². The largest absolute Gasteiger partial charge is 0.375 e. The van der Waals surface area contributed by atoms with Crippen LogP contribution in [0.2, 0.25) is 0 Å². The molecule has 3 rings (SSSR count). The Balaban J connectivity index is 1.82. The predicted octanol–water partition coefficient (Wildman–Crippen LogP) is 1.53. The summed E-state index contributed by atoms with van der Waals surface area (Å²) in [5, 5.41) is 0. The Hall–Kier alpha value is -2.28. The number of nitrogens with zero attached hydrogens (tertiary/aromatic N) is 4. The number of carbonyl (C=O) groups excluding carboxylic acids is 1. The Morgan fingerprint density at radius 1 is 1.48 bits per heavy atom. The molecule has 3 heterocycles. The predicted molar refractivity (Wildman–Crippen MR) is 84.8 cm³/mol. The van der Waals surface area contributed by atoms with Crippen LogP contribution in [0.15, 0.2) is 18.5 Å². The fourth-order valence-corrected chi connectivity index (χ4v) is 2.93. The zero-order valence-corrected chi connectivity index (χ0v) is 13.5. The molecule has 0 aromatic carbocycles. The molecule has 23 heavy (non-hydrogen) atoms. The van der Waals surface area contributed by atoms with Gasteiger partial charge in [0, 0.05) is 44.2 Å². The summed E-state index contributed by atoms with van der Waals surface area (Å²) in [6.45, 7) is 3.49. The molecule has 1 amide bonds. The van der Waals surface area contributed by atoms with E-state index in [9.17, 15) is 4.79 Å². The highest BCUT2D eigenvalue weighted by molar-refractivity contribution is 5.77. The van der Waals surface area contributed by atoms with Crippen LogP contribution in [0.5, 0.6) is 0 Å². The minimum Gasteiger partial charge on any atom is -0.375 e. The van der Waals surface area contributed by atoms with Crippen molar-refractivity contribution in [1.29, 1.82) is 0 Å². The zero-order chi connectivity index (χ0) is 16.2. The minimum atomic E-state index is 0.0242. The Morgan fingerprint density at radius 3 is 3.09 bits per heavy atom. The first kappa shape index (κ1) is 15.6. The normalized spacial score (nSPS) is 18.2. The van der Waals surface area contributed by atoms with Crippen LogP contribution >= 0.6 is 0 Å². The van der Waals surface area contributed by atoms with E-state index in [4.69, 9.17) is 4.74 Å². The van der Waals surface area contributed by atoms with Gasteiger partial charge in [0.1, 0.15) is 18.1 Å². The fourth-order valence-electron chi connectivity index (χ4n) is 2.93. The molecule has 7 heteroatoms. The number of nitrogens with one attached hydrogen (secondary N) is 1. The minimum absolute atomic E-state index is 0.0242. The van der Waals surface area contributed by atoms with Gasteiger partial charge in [-0.3, -0.25) is 4.79 Å². The van der Waals surface area contributed by atoms with Crippen LogP contribution in [-0.2, 0) is 9.53 Å². The second-order valence-corrected chi connectivity index (χ2v) is 5.80. The number of hydrogen-bond acceptors (Lipinski definition) is 5. The molecule has 7 nitrogen and oxygen atoms in total. The maximum absolute atomic E-state index is 12.0. The van der Waals surface area contributed by atoms with E-state index >= 15 is 0 Å². The van der Waals surface area contributed by atoms with E-state index < -0.39 is 0 Å². The summed E-state index contributed by atoms with van der Waals surface area (Å²) in [5.74, 6) is 1.69. The van der Waals surface area contributed by atoms with Gasteiger partial charge in [0.15, 0.2) is 5.82 Å². The molecular formula is C16H21N5O2. The van der Waals surface area contributed by atoms with E-state index in [0.29, 0.717) is 6.54 Å². The summed E-state index contributed by atoms with van der Waals surface area (Å²) >= 11 is 0. The molecule has 1 atom stereocenters. The number of methoxy groups -OCH3 is 1. The molecule has 0 saturated carbocycles. The summed E-state index contributed by atoms with van der Waals surface area (Å²) < 4.78 is 4.95. The Bertz CT molecular complexity index is 671. The molecule has 1 aliphatic heterocycles. The summed E-state index contributed by atoms with van der Waals surface area (Å²) in [6, 6.07) is 1.92. The summed E-state index contributed by atoms with van der Waals surface area (Å²) in [6.07, 6.45) is 5.42. The fraction of sp³-hybridized carbons (Fsp3) is 0.500. The first-order valence-corrected chi connectivity index (χ1v) is 7.79. The number of piperidine rings is 1. The van der Waals surface area contributed by atoms with Gasteiger partial charge in [-0.05, 0) is 25.8 Å². The van der Waals surface area contributed by atoms with Gasteiger partial charge < -0.3 is 14.6 Å². The molecule has 1 saturated heterocycles. The van der Waals surface area contributed by atoms with Gasteiger partial charge in [-0.15, -0.1) is 0 Å². The van der Waals surface area contributed by atoms with Gasteiger partial charge in [-0.25, -0.2) is 15.0 Å². The van der Waals surface area contributed by atoms with Crippen LogP contribution in [0, 0.1) is 6.92 Å². The molecule has 2 aromatic rings. The van der Waals surface area contributed by atoms with Crippen molar-refractivity contribution >= 4 is 5.91 Å². The molecule has 0 aliphatic carbocycles. The van der Waals surface area contributed by atoms with E-state index in [0.717, 1.165) is 42.4 Å². The van der Waals surface area contributed by atoms with Gasteiger partial charge >= 0.3 is 0 Å². The van der Waals surface area contributed by atoms with Gasteiger partial charge in [0.2, 0.25) is 5.91 Å². The maximum atomic E-state index is 12.0. The van der Waals surface area contributed by atoms with Crippen LogP contribution in [0.4, 0.5) is 0 Å². The van der Waals surface area contributed by atoms with Crippen molar-refractivity contribution in [3.63, 3.8) is 0 Å². The van der Waals surface area contributed by atoms with Gasteiger partial charge in [-0.1, -0.05) is 0 Å². The number of aryl methyl sites for hydroxylation is 1. The average molecular weight is 315 g/mol. The van der Waals surface area contributed by atoms with Crippen molar-refractivity contribution < 1.29 is 9.53 Å². The molecule has 1 fully saturated rings. The van der Waals surface area contributed by atoms with Crippen LogP contribution in [0.1, 0.15) is 30.3 Å². The highest BCUT2D eigenvalue weighted by Gasteiger charge is 2.27. The van der Waals surface area contributed by atoms with Crippen LogP contribution < -0.4 is 0 Å². The average Bonchev–Trinajstić information content (AvgIpc) is 3.09. The lowest BCUT2D eigenvalue weighted by Crippen LogP contribution is -2.41. The molecule has 0 bridgehead atoms. The highest BCUT2D eigenvalue weighted by atomic mass is 16.5. The van der Waals surface area contributed by atoms with Crippen molar-refractivity contribution in [3.8, 4) is 11.5 Å². The number of aromatic amines is 1. The van der Waals surface area contributed by atoms with Crippen molar-refractivity contribution in [3.05, 3.63) is 30.0 Å². The summed E-state index contributed by atoms with van der Waals surface area (Å²) in [4.78, 5) is 30.5. The first-order chi connectivity index (χ1) is 11.2. The van der Waals surface area contributed by atoms with E-state index in [1.54, 1.807) is 19.5 Å². The monoisotopic (exact) mass is 315 g/mol. The molecule has 0 spiro atoms. The summed E-state index contributed by atoms with van der Waals surface area (Å²) in [5.41, 5.74) is 1.69. The molecule has 0 radical (unpaired) electrons. The second kappa shape index (κ2) is 6.87. The highest BCUT2D eigenvalue weighted by Crippen LogP contribution is 2.26. The van der Waals surface area contributed by atoms with Crippen molar-refractivity contribution in [2.75, 3.05) is 26.8 Å². The van der Waals surface area contributed by atoms with Crippen LogP contribution in [-0.4, -0.2) is 57.5 Å². The lowest BCUT2D eigenvalue weighted by Gasteiger charge is -2.32. The number of imidazole rings is 1. The first-order valence-electron chi connectivity index (χ1n) is 7.79. The van der Waals surface area contributed by atoms with Crippen molar-refractivity contribution in [2.45, 2.75) is 25.7 Å². The number of amides is 1. The standard InChI is InChI=1S/C16H21N5O2/c1-11-8-13(16-17-5-6-18-16)20-15(19-11)12-4-3-7-21(9-12)14(22)10-23-2/h5-6,8,12H,3-4,7,9-10H2,1-2H3,(H,17,18)/t12-/m1/s1. The molecular weight excluding hydrogens is 294 g/mol. The van der Waals surface area contributed by atoms with E-state index in [1.165, 1.54) is 0 Å². The Morgan fingerprint density at radius 2 is 2.35 bits per heavy atom. The Kier molecular flexibility index (Phi) is 4.66. The molecule has 1 N–H and O–H groups in total. The quantitative estimate of drug-likeness (QED) is 0.925. The number of H-pyrrole nitrogens is 1. The number of ether oxygens (including phenoxy) is 1. The number of carbonyl (C=O) groups is 1. The number of likely N-dealkylation sites (tertiary alicyclic amines) is 1. The lowest BCUT2D eigenvalue weighted by molar-refractivity contribution is -0.136. The second-order valence-electron chi connectivity index (χ2n) is 5.80. The third-order valence-electron chi connectivity index (χ3n) is 4.02. The van der Waals surface area contributed by atoms with E-state index in [2.05, 4.69) is 19.9 Å². The SMILES string of the molecule is COCC(=O)N1CCC[C@@H](c2nc(C)cc(-c3ncc[nH]3)n2)C1. The number of hydrogen-bond donors (Lipinski definition) is 1. The Labute approximate surface area is 135 Å². The number of aromatic nitrogens is 4. The van der Waals surface area contributed by atoms with Crippen LogP contribution in [0.3, 0.4) is 0 Å². The van der Waals surface area contributed by atoms with Gasteiger partial charge in [-0.2, -0.15) is 0 Å². The maximum Gasteiger partial charge on any atom is 0.248 e. The van der Waals surface area contributed by atoms with E-state index in [1.807, 2.05) is 17.9 Å². The van der Waals surface area contributed by atoms with Gasteiger partial charge in [0.05, 0.1) is 0 Å². The lowest BCUT2D eigenvalue weighted by atomic mass is 9.97. The smallest absolute Gasteiger partial charge is 0.248 e. The topological polar surface area (TPSA) is 84.0 Å². The van der Waals surface area contributed by atoms with Crippen molar-refractivity contribution in [1.82, 2.24) is 24.8 Å². The number of rotatable bonds is 4. The molecule has 0 unspecified atom stereocenters.